The molecule has 1 atom stereocenters. The first-order chi connectivity index (χ1) is 15.8. The van der Waals surface area contributed by atoms with Crippen molar-refractivity contribution in [2.45, 2.75) is 44.1 Å². The van der Waals surface area contributed by atoms with E-state index in [1.165, 1.54) is 29.3 Å². The summed E-state index contributed by atoms with van der Waals surface area (Å²) in [7, 11) is -3.86. The van der Waals surface area contributed by atoms with Crippen LogP contribution < -0.4 is 5.48 Å². The molecule has 3 rings (SSSR count). The highest BCUT2D eigenvalue weighted by molar-refractivity contribution is 7.92. The highest BCUT2D eigenvalue weighted by Crippen LogP contribution is 2.24. The van der Waals surface area contributed by atoms with Crippen LogP contribution in [0.4, 0.5) is 4.39 Å². The van der Waals surface area contributed by atoms with E-state index >= 15 is 4.39 Å². The zero-order chi connectivity index (χ0) is 25.3. The van der Waals surface area contributed by atoms with Crippen LogP contribution in [0.1, 0.15) is 43.9 Å². The van der Waals surface area contributed by atoms with Crippen LogP contribution in [-0.4, -0.2) is 45.4 Å². The molecule has 8 nitrogen and oxygen atoms in total. The Hall–Kier alpha value is -3.26. The highest BCUT2D eigenvalue weighted by atomic mass is 32.2. The zero-order valence-corrected chi connectivity index (χ0v) is 20.1. The topological polar surface area (TPSA) is 122 Å². The second kappa shape index (κ2) is 9.18. The molecule has 180 valence electrons. The van der Waals surface area contributed by atoms with Crippen LogP contribution in [-0.2, 0) is 26.8 Å². The van der Waals surface area contributed by atoms with Crippen molar-refractivity contribution in [2.75, 3.05) is 6.26 Å². The van der Waals surface area contributed by atoms with Gasteiger partial charge in [-0.25, -0.2) is 18.3 Å². The summed E-state index contributed by atoms with van der Waals surface area (Å²) in [5.41, 5.74) is 2.34. The number of aryl methyl sites for hydroxylation is 1. The molecule has 3 N–H and O–H groups in total. The molecule has 1 amide bonds. The van der Waals surface area contributed by atoms with Crippen LogP contribution >= 0.6 is 0 Å². The van der Waals surface area contributed by atoms with E-state index < -0.39 is 31.9 Å². The molecule has 0 aliphatic heterocycles. The first kappa shape index (κ1) is 25.4. The molecule has 0 saturated heterocycles. The van der Waals surface area contributed by atoms with Gasteiger partial charge >= 0.3 is 0 Å². The predicted molar refractivity (Wildman–Crippen MR) is 125 cm³/mol. The monoisotopic (exact) mass is 487 g/mol. The van der Waals surface area contributed by atoms with E-state index in [0.717, 1.165) is 11.8 Å². The molecular weight excluding hydrogens is 461 g/mol. The number of benzene rings is 2. The van der Waals surface area contributed by atoms with Crippen LogP contribution in [0.2, 0.25) is 0 Å². The first-order valence-corrected chi connectivity index (χ1v) is 12.3. The Kier molecular flexibility index (Phi) is 6.85. The van der Waals surface area contributed by atoms with Crippen molar-refractivity contribution in [2.24, 2.45) is 0 Å². The Morgan fingerprint density at radius 2 is 1.79 bits per heavy atom. The van der Waals surface area contributed by atoms with Crippen molar-refractivity contribution in [1.29, 1.82) is 0 Å². The number of nitrogens with zero attached hydrogens (tertiary/aromatic N) is 2. The Morgan fingerprint density at radius 3 is 2.35 bits per heavy atom. The van der Waals surface area contributed by atoms with Crippen LogP contribution in [0.15, 0.2) is 42.6 Å². The molecule has 0 fully saturated rings. The molecule has 0 bridgehead atoms. The fourth-order valence-electron chi connectivity index (χ4n) is 3.33. The number of rotatable bonds is 6. The molecule has 3 aromatic rings. The minimum absolute atomic E-state index is 0.000321. The van der Waals surface area contributed by atoms with E-state index in [4.69, 9.17) is 5.21 Å². The van der Waals surface area contributed by atoms with E-state index in [9.17, 15) is 18.3 Å². The quantitative estimate of drug-likeness (QED) is 0.279. The van der Waals surface area contributed by atoms with Gasteiger partial charge in [0.15, 0.2) is 14.6 Å². The van der Waals surface area contributed by atoms with Crippen LogP contribution in [0.25, 0.3) is 10.9 Å². The fourth-order valence-corrected chi connectivity index (χ4v) is 4.18. The summed E-state index contributed by atoms with van der Waals surface area (Å²) in [4.78, 5) is 12.0. The molecule has 0 radical (unpaired) electrons. The number of carbonyl (C=O) groups is 1. The van der Waals surface area contributed by atoms with Gasteiger partial charge in [-0.3, -0.25) is 14.7 Å². The highest BCUT2D eigenvalue weighted by Gasteiger charge is 2.43. The second-order valence-corrected chi connectivity index (χ2v) is 11.3. The summed E-state index contributed by atoms with van der Waals surface area (Å²) >= 11 is 0. The second-order valence-electron chi connectivity index (χ2n) is 8.83. The van der Waals surface area contributed by atoms with Gasteiger partial charge in [0.25, 0.3) is 5.91 Å². The van der Waals surface area contributed by atoms with Crippen LogP contribution in [0.5, 0.6) is 0 Å². The lowest BCUT2D eigenvalue weighted by Gasteiger charge is -2.24. The third-order valence-corrected chi connectivity index (χ3v) is 7.85. The minimum atomic E-state index is -3.86. The van der Waals surface area contributed by atoms with Crippen molar-refractivity contribution < 1.29 is 27.9 Å². The number of halogens is 1. The Bertz CT molecular complexity index is 1400. The summed E-state index contributed by atoms with van der Waals surface area (Å²) in [6.45, 7) is 4.57. The summed E-state index contributed by atoms with van der Waals surface area (Å²) in [5, 5.41) is 23.4. The molecule has 0 saturated carbocycles. The molecular formula is C24H26FN3O5S. The SMILES string of the molecule is CC(C)(O)c1ccc(C#Cc2ccc3nn(CC[C@](C)(C(=O)NO)S(C)(=O)=O)cc3c2F)cc1. The molecule has 10 heteroatoms. The summed E-state index contributed by atoms with van der Waals surface area (Å²) in [6.07, 6.45) is 2.15. The van der Waals surface area contributed by atoms with Gasteiger partial charge in [-0.2, -0.15) is 5.10 Å². The van der Waals surface area contributed by atoms with Crippen molar-refractivity contribution >= 4 is 26.6 Å². The van der Waals surface area contributed by atoms with Crippen molar-refractivity contribution in [3.8, 4) is 11.8 Å². The number of amides is 1. The third kappa shape index (κ3) is 5.12. The van der Waals surface area contributed by atoms with Gasteiger partial charge in [0, 0.05) is 24.6 Å². The largest absolute Gasteiger partial charge is 0.386 e. The van der Waals surface area contributed by atoms with E-state index in [1.54, 1.807) is 44.2 Å². The fraction of sp³-hybridized carbons (Fsp3) is 0.333. The van der Waals surface area contributed by atoms with Crippen molar-refractivity contribution in [3.63, 3.8) is 0 Å². The van der Waals surface area contributed by atoms with Gasteiger partial charge in [-0.1, -0.05) is 24.0 Å². The summed E-state index contributed by atoms with van der Waals surface area (Å²) in [6, 6.07) is 10.1. The molecule has 0 aliphatic carbocycles. The van der Waals surface area contributed by atoms with E-state index in [1.807, 2.05) is 0 Å². The number of carbonyl (C=O) groups excluding carboxylic acids is 1. The van der Waals surface area contributed by atoms with Gasteiger partial charge in [-0.15, -0.1) is 0 Å². The lowest BCUT2D eigenvalue weighted by atomic mass is 9.97. The Balaban J connectivity index is 1.85. The van der Waals surface area contributed by atoms with Gasteiger partial charge in [0.05, 0.1) is 22.1 Å². The van der Waals surface area contributed by atoms with Crippen molar-refractivity contribution in [1.82, 2.24) is 15.3 Å². The van der Waals surface area contributed by atoms with Gasteiger partial charge in [-0.05, 0) is 57.0 Å². The van der Waals surface area contributed by atoms with Crippen LogP contribution in [0.3, 0.4) is 0 Å². The minimum Gasteiger partial charge on any atom is -0.386 e. The standard InChI is InChI=1S/C24H26FN3O5S/c1-23(2,30)18-10-6-16(7-11-18)5-8-17-9-12-20-19(21(17)25)15-28(26-20)14-13-24(3,22(29)27-31)34(4,32)33/h6-7,9-12,15,30-31H,13-14H2,1-4H3,(H,27,29)/t24-/m1/s1. The molecule has 34 heavy (non-hydrogen) atoms. The van der Waals surface area contributed by atoms with Gasteiger partial charge in [0.2, 0.25) is 0 Å². The smallest absolute Gasteiger partial charge is 0.264 e. The number of hydrogen-bond acceptors (Lipinski definition) is 6. The maximum Gasteiger partial charge on any atom is 0.264 e. The number of nitrogens with one attached hydrogen (secondary N) is 1. The molecule has 0 unspecified atom stereocenters. The van der Waals surface area contributed by atoms with Crippen molar-refractivity contribution in [3.05, 3.63) is 65.1 Å². The van der Waals surface area contributed by atoms with Crippen LogP contribution in [0, 0.1) is 17.7 Å². The van der Waals surface area contributed by atoms with Gasteiger partial charge < -0.3 is 5.11 Å². The van der Waals surface area contributed by atoms with E-state index in [2.05, 4.69) is 16.9 Å². The van der Waals surface area contributed by atoms with E-state index in [-0.39, 0.29) is 23.9 Å². The number of fused-ring (bicyclic) bond motifs is 1. The molecule has 1 aromatic heterocycles. The maximum atomic E-state index is 15.1. The molecule has 0 spiro atoms. The Labute approximate surface area is 197 Å². The van der Waals surface area contributed by atoms with E-state index in [0.29, 0.717) is 11.1 Å². The normalized spacial score (nSPS) is 13.7. The lowest BCUT2D eigenvalue weighted by Crippen LogP contribution is -2.49. The first-order valence-electron chi connectivity index (χ1n) is 10.4. The number of aliphatic hydroxyl groups is 1. The maximum absolute atomic E-state index is 15.1. The van der Waals surface area contributed by atoms with Gasteiger partial charge in [0.1, 0.15) is 5.82 Å². The molecule has 2 aromatic carbocycles. The average molecular weight is 488 g/mol. The lowest BCUT2D eigenvalue weighted by molar-refractivity contribution is -0.131. The molecule has 0 aliphatic rings. The number of hydrogen-bond donors (Lipinski definition) is 3. The number of hydroxylamine groups is 1. The third-order valence-electron chi connectivity index (χ3n) is 5.82. The number of aromatic nitrogens is 2. The summed E-state index contributed by atoms with van der Waals surface area (Å²) in [5.74, 6) is 4.09. The number of sulfone groups is 1. The predicted octanol–water partition coefficient (Wildman–Crippen LogP) is 2.50. The Morgan fingerprint density at radius 1 is 1.15 bits per heavy atom. The average Bonchev–Trinajstić information content (AvgIpc) is 3.19. The summed E-state index contributed by atoms with van der Waals surface area (Å²) < 4.78 is 38.8. The molecule has 1 heterocycles. The zero-order valence-electron chi connectivity index (χ0n) is 19.3.